The van der Waals surface area contributed by atoms with Crippen molar-refractivity contribution < 1.29 is 0 Å². The Morgan fingerprint density at radius 3 is 2.44 bits per heavy atom. The van der Waals surface area contributed by atoms with Crippen LogP contribution in [0.25, 0.3) is 0 Å². The molecule has 0 fully saturated rings. The summed E-state index contributed by atoms with van der Waals surface area (Å²) < 4.78 is 0. The molecule has 0 saturated heterocycles. The number of anilines is 1. The van der Waals surface area contributed by atoms with Crippen LogP contribution in [0.3, 0.4) is 0 Å². The van der Waals surface area contributed by atoms with Crippen molar-refractivity contribution in [3.63, 3.8) is 0 Å². The van der Waals surface area contributed by atoms with E-state index in [-0.39, 0.29) is 0 Å². The van der Waals surface area contributed by atoms with Crippen molar-refractivity contribution in [1.29, 1.82) is 0 Å². The lowest BCUT2D eigenvalue weighted by atomic mass is 10.3. The number of benzene rings is 1. The predicted molar refractivity (Wildman–Crippen MR) is 44.9 cm³/mol. The molecule has 48 valence electrons. The van der Waals surface area contributed by atoms with E-state index in [0.717, 1.165) is 6.17 Å². The number of para-hydroxylation sites is 1. The Morgan fingerprint density at radius 1 is 1.22 bits per heavy atom. The predicted octanol–water partition coefficient (Wildman–Crippen LogP) is 0.421. The van der Waals surface area contributed by atoms with E-state index in [4.69, 9.17) is 0 Å². The van der Waals surface area contributed by atoms with Gasteiger partial charge in [0.25, 0.3) is 0 Å². The molecule has 0 radical (unpaired) electrons. The van der Waals surface area contributed by atoms with Crippen LogP contribution in [0.4, 0.5) is 5.69 Å². The first-order valence-electron chi connectivity index (χ1n) is 3.22. The molecule has 0 aliphatic rings. The van der Waals surface area contributed by atoms with Crippen LogP contribution in [0.15, 0.2) is 30.3 Å². The molecule has 1 aromatic rings. The highest BCUT2D eigenvalue weighted by Gasteiger charge is 1.81. The minimum absolute atomic E-state index is 1.13. The van der Waals surface area contributed by atoms with Gasteiger partial charge in [-0.2, -0.15) is 0 Å². The smallest absolute Gasteiger partial charge is 0.0336 e. The lowest BCUT2D eigenvalue weighted by Gasteiger charge is -1.99. The molecule has 0 amide bonds. The summed E-state index contributed by atoms with van der Waals surface area (Å²) in [6.07, 6.45) is 1.13. The van der Waals surface area contributed by atoms with Gasteiger partial charge in [-0.3, -0.25) is 0 Å². The number of hydrogen-bond donors (Lipinski definition) is 1. The molecular formula is C7H11NSi. The minimum Gasteiger partial charge on any atom is -0.389 e. The summed E-state index contributed by atoms with van der Waals surface area (Å²) in [7, 11) is 1.21. The van der Waals surface area contributed by atoms with E-state index in [1.165, 1.54) is 15.9 Å². The standard InChI is InChI=1S/C7H11NSi/c9-6-8-7-4-2-1-3-5-7/h1-5,8H,6H2,9H3. The Morgan fingerprint density at radius 2 is 1.89 bits per heavy atom. The second-order valence-electron chi connectivity index (χ2n) is 1.90. The molecule has 2 heteroatoms. The van der Waals surface area contributed by atoms with Gasteiger partial charge in [-0.05, 0) is 18.3 Å². The molecule has 1 aromatic carbocycles. The molecule has 1 N–H and O–H groups in total. The van der Waals surface area contributed by atoms with Crippen LogP contribution in [-0.4, -0.2) is 16.4 Å². The van der Waals surface area contributed by atoms with Crippen molar-refractivity contribution in [3.8, 4) is 0 Å². The van der Waals surface area contributed by atoms with Gasteiger partial charge in [0.05, 0.1) is 0 Å². The van der Waals surface area contributed by atoms with Gasteiger partial charge >= 0.3 is 0 Å². The van der Waals surface area contributed by atoms with Crippen molar-refractivity contribution in [2.24, 2.45) is 0 Å². The summed E-state index contributed by atoms with van der Waals surface area (Å²) >= 11 is 0. The van der Waals surface area contributed by atoms with Crippen LogP contribution in [0.2, 0.25) is 0 Å². The molecule has 1 rings (SSSR count). The highest BCUT2D eigenvalue weighted by molar-refractivity contribution is 6.10. The zero-order valence-electron chi connectivity index (χ0n) is 5.59. The molecule has 0 aliphatic heterocycles. The Bertz CT molecular complexity index is 162. The van der Waals surface area contributed by atoms with Crippen molar-refractivity contribution in [2.75, 3.05) is 11.5 Å². The Hall–Kier alpha value is -0.763. The fourth-order valence-electron chi connectivity index (χ4n) is 0.760. The van der Waals surface area contributed by atoms with Gasteiger partial charge in [-0.1, -0.05) is 18.2 Å². The molecule has 0 spiro atoms. The summed E-state index contributed by atoms with van der Waals surface area (Å²) in [6.45, 7) is 0. The van der Waals surface area contributed by atoms with Gasteiger partial charge in [0, 0.05) is 15.9 Å². The monoisotopic (exact) mass is 137 g/mol. The maximum atomic E-state index is 3.27. The van der Waals surface area contributed by atoms with E-state index in [0.29, 0.717) is 0 Å². The van der Waals surface area contributed by atoms with Gasteiger partial charge in [-0.25, -0.2) is 0 Å². The second kappa shape index (κ2) is 3.30. The first-order chi connectivity index (χ1) is 4.43. The third-order valence-corrected chi connectivity index (χ3v) is 1.51. The molecule has 0 bridgehead atoms. The van der Waals surface area contributed by atoms with E-state index in [9.17, 15) is 0 Å². The molecule has 0 aliphatic carbocycles. The second-order valence-corrected chi connectivity index (χ2v) is 2.60. The summed E-state index contributed by atoms with van der Waals surface area (Å²) in [5.41, 5.74) is 1.23. The van der Waals surface area contributed by atoms with E-state index in [2.05, 4.69) is 17.4 Å². The molecular weight excluding hydrogens is 126 g/mol. The van der Waals surface area contributed by atoms with Gasteiger partial charge in [0.15, 0.2) is 0 Å². The van der Waals surface area contributed by atoms with Gasteiger partial charge in [0.1, 0.15) is 0 Å². The number of rotatable bonds is 2. The van der Waals surface area contributed by atoms with E-state index >= 15 is 0 Å². The Labute approximate surface area is 58.5 Å². The maximum Gasteiger partial charge on any atom is 0.0336 e. The highest BCUT2D eigenvalue weighted by atomic mass is 28.1. The summed E-state index contributed by atoms with van der Waals surface area (Å²) in [6, 6.07) is 10.3. The molecule has 1 nitrogen and oxygen atoms in total. The Kier molecular flexibility index (Phi) is 2.33. The van der Waals surface area contributed by atoms with Crippen molar-refractivity contribution >= 4 is 15.9 Å². The lowest BCUT2D eigenvalue weighted by molar-refractivity contribution is 1.45. The minimum atomic E-state index is 1.13. The first kappa shape index (κ1) is 6.36. The summed E-state index contributed by atoms with van der Waals surface area (Å²) in [5.74, 6) is 0. The van der Waals surface area contributed by atoms with Crippen molar-refractivity contribution in [3.05, 3.63) is 30.3 Å². The Balaban J connectivity index is 2.61. The van der Waals surface area contributed by atoms with E-state index < -0.39 is 0 Å². The third-order valence-electron chi connectivity index (χ3n) is 1.15. The van der Waals surface area contributed by atoms with Crippen molar-refractivity contribution in [2.45, 2.75) is 0 Å². The first-order valence-corrected chi connectivity index (χ1v) is 4.64. The molecule has 0 saturated carbocycles. The average Bonchev–Trinajstić information content (AvgIpc) is 1.91. The third kappa shape index (κ3) is 1.89. The van der Waals surface area contributed by atoms with Crippen LogP contribution in [0, 0.1) is 0 Å². The largest absolute Gasteiger partial charge is 0.389 e. The summed E-state index contributed by atoms with van der Waals surface area (Å²) in [5, 5.41) is 3.27. The average molecular weight is 137 g/mol. The molecule has 9 heavy (non-hydrogen) atoms. The highest BCUT2D eigenvalue weighted by Crippen LogP contribution is 2.02. The zero-order valence-corrected chi connectivity index (χ0v) is 7.59. The zero-order chi connectivity index (χ0) is 6.53. The van der Waals surface area contributed by atoms with Crippen LogP contribution in [0.5, 0.6) is 0 Å². The quantitative estimate of drug-likeness (QED) is 0.583. The topological polar surface area (TPSA) is 12.0 Å². The number of nitrogens with one attached hydrogen (secondary N) is 1. The fourth-order valence-corrected chi connectivity index (χ4v) is 1.17. The summed E-state index contributed by atoms with van der Waals surface area (Å²) in [4.78, 5) is 0. The SMILES string of the molecule is [SiH3]CNc1ccccc1. The van der Waals surface area contributed by atoms with Gasteiger partial charge in [-0.15, -0.1) is 0 Å². The molecule has 0 aromatic heterocycles. The van der Waals surface area contributed by atoms with Crippen molar-refractivity contribution in [1.82, 2.24) is 0 Å². The van der Waals surface area contributed by atoms with E-state index in [1.807, 2.05) is 18.2 Å². The number of hydrogen-bond acceptors (Lipinski definition) is 1. The van der Waals surface area contributed by atoms with Crippen LogP contribution >= 0.6 is 0 Å². The molecule has 0 heterocycles. The van der Waals surface area contributed by atoms with Crippen LogP contribution in [-0.2, 0) is 0 Å². The van der Waals surface area contributed by atoms with E-state index in [1.54, 1.807) is 0 Å². The molecule has 0 atom stereocenters. The van der Waals surface area contributed by atoms with Crippen LogP contribution < -0.4 is 5.32 Å². The maximum absolute atomic E-state index is 3.27. The van der Waals surface area contributed by atoms with Crippen LogP contribution in [0.1, 0.15) is 0 Å². The molecule has 0 unspecified atom stereocenters. The normalized spacial score (nSPS) is 9.33. The van der Waals surface area contributed by atoms with Gasteiger partial charge < -0.3 is 5.32 Å². The fraction of sp³-hybridized carbons (Fsp3) is 0.143. The lowest BCUT2D eigenvalue weighted by Crippen LogP contribution is -1.98. The van der Waals surface area contributed by atoms with Gasteiger partial charge in [0.2, 0.25) is 0 Å².